The van der Waals surface area contributed by atoms with Crippen molar-refractivity contribution in [2.24, 2.45) is 4.99 Å². The summed E-state index contributed by atoms with van der Waals surface area (Å²) in [5, 5.41) is 20.1. The first-order chi connectivity index (χ1) is 17.7. The van der Waals surface area contributed by atoms with Crippen LogP contribution in [0.2, 0.25) is 0 Å². The second-order valence-corrected chi connectivity index (χ2v) is 11.0. The molecular weight excluding hydrogens is 535 g/mol. The van der Waals surface area contributed by atoms with Gasteiger partial charge in [-0.05, 0) is 59.8 Å². The van der Waals surface area contributed by atoms with Crippen molar-refractivity contribution in [3.05, 3.63) is 104 Å². The van der Waals surface area contributed by atoms with Crippen LogP contribution in [0.4, 0.5) is 15.8 Å². The third-order valence-electron chi connectivity index (χ3n) is 6.04. The Balaban J connectivity index is 1.25. The number of anilines is 1. The van der Waals surface area contributed by atoms with E-state index in [-0.39, 0.29) is 28.7 Å². The highest BCUT2D eigenvalue weighted by Gasteiger charge is 2.39. The van der Waals surface area contributed by atoms with E-state index in [0.29, 0.717) is 16.5 Å². The summed E-state index contributed by atoms with van der Waals surface area (Å²) in [6, 6.07) is 15.5. The molecule has 0 saturated carbocycles. The molecule has 0 bridgehead atoms. The van der Waals surface area contributed by atoms with Gasteiger partial charge in [0.15, 0.2) is 5.17 Å². The van der Waals surface area contributed by atoms with Crippen LogP contribution >= 0.6 is 34.7 Å². The molecular formula is C26H20ClFN4O3S2. The van der Waals surface area contributed by atoms with Gasteiger partial charge in [-0.3, -0.25) is 14.9 Å². The van der Waals surface area contributed by atoms with E-state index < -0.39 is 16.4 Å². The Hall–Kier alpha value is -3.47. The van der Waals surface area contributed by atoms with Crippen LogP contribution in [0.3, 0.4) is 0 Å². The van der Waals surface area contributed by atoms with E-state index in [2.05, 4.69) is 15.6 Å². The molecule has 7 nitrogen and oxygen atoms in total. The molecule has 1 unspecified atom stereocenters. The van der Waals surface area contributed by atoms with Gasteiger partial charge in [0.25, 0.3) is 11.6 Å². The molecule has 1 aliphatic heterocycles. The zero-order chi connectivity index (χ0) is 26.2. The number of fused-ring (bicyclic) bond motifs is 1. The number of aliphatic imine (C=N–C) groups is 1. The van der Waals surface area contributed by atoms with E-state index in [1.165, 1.54) is 29.2 Å². The van der Waals surface area contributed by atoms with Gasteiger partial charge < -0.3 is 10.6 Å². The molecule has 2 aliphatic rings. The third-order valence-corrected chi connectivity index (χ3v) is 8.22. The minimum Gasteiger partial charge on any atom is -0.336 e. The zero-order valence-electron chi connectivity index (χ0n) is 19.5. The van der Waals surface area contributed by atoms with Crippen LogP contribution in [0.25, 0.3) is 10.4 Å². The topological polar surface area (TPSA) is 96.6 Å². The highest BCUT2D eigenvalue weighted by molar-refractivity contribution is 8.13. The molecule has 1 amide bonds. The predicted octanol–water partition coefficient (Wildman–Crippen LogP) is 7.23. The average Bonchev–Trinajstić information content (AvgIpc) is 3.51. The van der Waals surface area contributed by atoms with Crippen LogP contribution in [-0.4, -0.2) is 21.5 Å². The Morgan fingerprint density at radius 3 is 2.78 bits per heavy atom. The number of rotatable bonds is 6. The number of hydrogen-bond donors (Lipinski definition) is 2. The van der Waals surface area contributed by atoms with Gasteiger partial charge in [-0.25, -0.2) is 9.38 Å². The zero-order valence-corrected chi connectivity index (χ0v) is 21.8. The van der Waals surface area contributed by atoms with E-state index >= 15 is 0 Å². The first-order valence-corrected chi connectivity index (χ1v) is 13.4. The number of thioether (sulfide) groups is 1. The fourth-order valence-corrected chi connectivity index (χ4v) is 5.88. The molecule has 1 aromatic heterocycles. The van der Waals surface area contributed by atoms with Crippen molar-refractivity contribution in [2.45, 2.75) is 24.6 Å². The average molecular weight is 555 g/mol. The number of benzene rings is 2. The highest BCUT2D eigenvalue weighted by atomic mass is 35.5. The first kappa shape index (κ1) is 25.2. The van der Waals surface area contributed by atoms with Crippen molar-refractivity contribution in [2.75, 3.05) is 5.32 Å². The number of amidine groups is 1. The summed E-state index contributed by atoms with van der Waals surface area (Å²) in [6.07, 6.45) is 1.69. The largest absolute Gasteiger partial charge is 0.336 e. The SMILES string of the molecule is CC12CC(F)=C(Cl)C=C1NC(SCc1ccc(C(=O)Nc3cc(-c4cccs4)ccc3[N+](=O)[O-])cc1)=N2. The van der Waals surface area contributed by atoms with Crippen LogP contribution in [-0.2, 0) is 5.75 Å². The number of amides is 1. The molecule has 1 aliphatic carbocycles. The number of nitrogens with one attached hydrogen (secondary N) is 2. The minimum atomic E-state index is -0.684. The lowest BCUT2D eigenvalue weighted by Gasteiger charge is -2.24. The van der Waals surface area contributed by atoms with Gasteiger partial charge in [-0.15, -0.1) is 11.3 Å². The van der Waals surface area contributed by atoms with E-state index in [1.54, 1.807) is 30.3 Å². The van der Waals surface area contributed by atoms with Crippen LogP contribution in [0.15, 0.2) is 87.6 Å². The Morgan fingerprint density at radius 2 is 2.08 bits per heavy atom. The van der Waals surface area contributed by atoms with E-state index in [0.717, 1.165) is 21.7 Å². The van der Waals surface area contributed by atoms with Gasteiger partial charge in [0.05, 0.1) is 9.96 Å². The van der Waals surface area contributed by atoms with Gasteiger partial charge in [0.2, 0.25) is 0 Å². The Morgan fingerprint density at radius 1 is 1.30 bits per heavy atom. The van der Waals surface area contributed by atoms with E-state index in [9.17, 15) is 19.3 Å². The molecule has 0 spiro atoms. The Bertz CT molecular complexity index is 1490. The van der Waals surface area contributed by atoms with Crippen molar-refractivity contribution in [1.29, 1.82) is 0 Å². The summed E-state index contributed by atoms with van der Waals surface area (Å²) in [5.74, 6) is -0.236. The number of nitro benzene ring substituents is 1. The summed E-state index contributed by atoms with van der Waals surface area (Å²) < 4.78 is 14.0. The standard InChI is InChI=1S/C26H20ClFN4O3S2/c1-26-13-19(28)18(27)12-23(26)30-25(31-26)37-14-15-4-6-16(7-5-15)24(33)29-20-11-17(22-3-2-10-36-22)8-9-21(20)32(34)35/h2-12H,13-14H2,1H3,(H,29,33)(H,30,31). The number of nitrogens with zero attached hydrogens (tertiary/aromatic N) is 2. The monoisotopic (exact) mass is 554 g/mol. The molecule has 2 aromatic carbocycles. The highest BCUT2D eigenvalue weighted by Crippen LogP contribution is 2.40. The van der Waals surface area contributed by atoms with Crippen LogP contribution in [0, 0.1) is 10.1 Å². The second kappa shape index (κ2) is 10.1. The van der Waals surface area contributed by atoms with Crippen molar-refractivity contribution >= 4 is 57.1 Å². The molecule has 0 saturated heterocycles. The maximum atomic E-state index is 14.0. The quantitative estimate of drug-likeness (QED) is 0.247. The predicted molar refractivity (Wildman–Crippen MR) is 148 cm³/mol. The smallest absolute Gasteiger partial charge is 0.292 e. The Labute approximate surface area is 225 Å². The number of thiophene rings is 1. The molecule has 11 heteroatoms. The number of hydrogen-bond acceptors (Lipinski definition) is 7. The molecule has 37 heavy (non-hydrogen) atoms. The minimum absolute atomic E-state index is 0.0962. The molecule has 5 rings (SSSR count). The first-order valence-electron chi connectivity index (χ1n) is 11.2. The number of allylic oxidation sites excluding steroid dienone is 2. The molecule has 2 heterocycles. The molecule has 0 fully saturated rings. The van der Waals surface area contributed by atoms with Gasteiger partial charge in [0.1, 0.15) is 17.1 Å². The number of nitro groups is 1. The molecule has 3 aromatic rings. The maximum Gasteiger partial charge on any atom is 0.292 e. The van der Waals surface area contributed by atoms with E-state index in [4.69, 9.17) is 11.6 Å². The second-order valence-electron chi connectivity index (χ2n) is 8.71. The van der Waals surface area contributed by atoms with Gasteiger partial charge in [-0.1, -0.05) is 41.6 Å². The van der Waals surface area contributed by atoms with E-state index in [1.807, 2.05) is 36.6 Å². The Kier molecular flexibility index (Phi) is 6.89. The lowest BCUT2D eigenvalue weighted by molar-refractivity contribution is -0.383. The van der Waals surface area contributed by atoms with Gasteiger partial charge in [-0.2, -0.15) is 0 Å². The van der Waals surface area contributed by atoms with Crippen molar-refractivity contribution in [3.63, 3.8) is 0 Å². The summed E-state index contributed by atoms with van der Waals surface area (Å²) in [7, 11) is 0. The molecule has 2 N–H and O–H groups in total. The fraction of sp³-hybridized carbons (Fsp3) is 0.154. The van der Waals surface area contributed by atoms with Crippen molar-refractivity contribution in [1.82, 2.24) is 5.32 Å². The lowest BCUT2D eigenvalue weighted by atomic mass is 9.90. The molecule has 0 radical (unpaired) electrons. The van der Waals surface area contributed by atoms with Gasteiger partial charge >= 0.3 is 0 Å². The fourth-order valence-electron chi connectivity index (χ4n) is 4.04. The summed E-state index contributed by atoms with van der Waals surface area (Å²) in [5.41, 5.74) is 2.17. The maximum absolute atomic E-state index is 14.0. The third kappa shape index (κ3) is 5.31. The number of halogens is 2. The lowest BCUT2D eigenvalue weighted by Crippen LogP contribution is -2.29. The van der Waals surface area contributed by atoms with Gasteiger partial charge in [0, 0.05) is 34.4 Å². The van der Waals surface area contributed by atoms with Crippen molar-refractivity contribution in [3.8, 4) is 10.4 Å². The summed E-state index contributed by atoms with van der Waals surface area (Å²) >= 11 is 8.90. The summed E-state index contributed by atoms with van der Waals surface area (Å²) in [4.78, 5) is 29.5. The van der Waals surface area contributed by atoms with Crippen LogP contribution < -0.4 is 10.6 Å². The van der Waals surface area contributed by atoms with Crippen molar-refractivity contribution < 1.29 is 14.1 Å². The summed E-state index contributed by atoms with van der Waals surface area (Å²) in [6.45, 7) is 1.86. The van der Waals surface area contributed by atoms with Crippen LogP contribution in [0.1, 0.15) is 29.3 Å². The normalized spacial score (nSPS) is 18.6. The number of carbonyl (C=O) groups is 1. The van der Waals surface area contributed by atoms with Crippen LogP contribution in [0.5, 0.6) is 0 Å². The molecule has 188 valence electrons. The molecule has 1 atom stereocenters. The number of carbonyl (C=O) groups excluding carboxylic acids is 1.